The molecule has 1 rings (SSSR count). The van der Waals surface area contributed by atoms with Gasteiger partial charge in [-0.25, -0.2) is 0 Å². The van der Waals surface area contributed by atoms with Gasteiger partial charge in [-0.15, -0.1) is 0 Å². The third-order valence-corrected chi connectivity index (χ3v) is 2.79. The molecule has 0 bridgehead atoms. The molecule has 0 aromatic carbocycles. The Bertz CT molecular complexity index is 257. The zero-order valence-electron chi connectivity index (χ0n) is 10.2. The van der Waals surface area contributed by atoms with Crippen molar-refractivity contribution in [1.82, 2.24) is 0 Å². The van der Waals surface area contributed by atoms with Crippen LogP contribution < -0.4 is 24.0 Å². The minimum atomic E-state index is 0. The SMILES string of the molecule is CC[N+](C)(C)CC(C)Cc1ccco1.[I-]. The fourth-order valence-corrected chi connectivity index (χ4v) is 1.81. The summed E-state index contributed by atoms with van der Waals surface area (Å²) in [5, 5.41) is 0. The first-order chi connectivity index (χ1) is 6.53. The second-order valence-corrected chi connectivity index (χ2v) is 4.82. The smallest absolute Gasteiger partial charge is 0.104 e. The molecule has 1 aromatic heterocycles. The van der Waals surface area contributed by atoms with Crippen LogP contribution in [0.25, 0.3) is 0 Å². The summed E-state index contributed by atoms with van der Waals surface area (Å²) in [5.41, 5.74) is 0. The van der Waals surface area contributed by atoms with Gasteiger partial charge in [0.25, 0.3) is 0 Å². The van der Waals surface area contributed by atoms with Gasteiger partial charge in [0.15, 0.2) is 0 Å². The molecule has 0 aliphatic heterocycles. The van der Waals surface area contributed by atoms with E-state index in [4.69, 9.17) is 4.42 Å². The van der Waals surface area contributed by atoms with Gasteiger partial charge in [0.1, 0.15) is 5.76 Å². The molecule has 0 spiro atoms. The maximum absolute atomic E-state index is 5.35. The van der Waals surface area contributed by atoms with E-state index in [1.165, 1.54) is 13.1 Å². The Morgan fingerprint density at radius 2 is 2.07 bits per heavy atom. The van der Waals surface area contributed by atoms with E-state index < -0.39 is 0 Å². The van der Waals surface area contributed by atoms with E-state index in [1.54, 1.807) is 6.26 Å². The van der Waals surface area contributed by atoms with Crippen molar-refractivity contribution in [3.63, 3.8) is 0 Å². The average molecular weight is 323 g/mol. The molecule has 1 atom stereocenters. The molecular weight excluding hydrogens is 301 g/mol. The molecule has 0 fully saturated rings. The van der Waals surface area contributed by atoms with E-state index in [0.29, 0.717) is 5.92 Å². The highest BCUT2D eigenvalue weighted by molar-refractivity contribution is 4.98. The Morgan fingerprint density at radius 1 is 1.40 bits per heavy atom. The first-order valence-corrected chi connectivity index (χ1v) is 5.38. The number of hydrogen-bond acceptors (Lipinski definition) is 1. The monoisotopic (exact) mass is 323 g/mol. The van der Waals surface area contributed by atoms with E-state index in [0.717, 1.165) is 16.7 Å². The van der Waals surface area contributed by atoms with Crippen molar-refractivity contribution in [2.75, 3.05) is 27.2 Å². The molecule has 1 heterocycles. The molecule has 0 saturated carbocycles. The summed E-state index contributed by atoms with van der Waals surface area (Å²) in [7, 11) is 4.55. The largest absolute Gasteiger partial charge is 1.00 e. The predicted molar refractivity (Wildman–Crippen MR) is 59.1 cm³/mol. The van der Waals surface area contributed by atoms with Crippen LogP contribution in [0.4, 0.5) is 0 Å². The number of furan rings is 1. The van der Waals surface area contributed by atoms with Gasteiger partial charge in [0, 0.05) is 12.3 Å². The molecule has 15 heavy (non-hydrogen) atoms. The minimum Gasteiger partial charge on any atom is -1.00 e. The van der Waals surface area contributed by atoms with Gasteiger partial charge in [-0.3, -0.25) is 0 Å². The highest BCUT2D eigenvalue weighted by Gasteiger charge is 2.17. The second kappa shape index (κ2) is 6.53. The Kier molecular flexibility index (Phi) is 6.52. The van der Waals surface area contributed by atoms with E-state index in [2.05, 4.69) is 34.0 Å². The van der Waals surface area contributed by atoms with Crippen molar-refractivity contribution in [3.8, 4) is 0 Å². The van der Waals surface area contributed by atoms with Crippen LogP contribution in [0, 0.1) is 5.92 Å². The van der Waals surface area contributed by atoms with Crippen molar-refractivity contribution < 1.29 is 32.9 Å². The maximum Gasteiger partial charge on any atom is 0.104 e. The molecule has 0 radical (unpaired) electrons. The van der Waals surface area contributed by atoms with Gasteiger partial charge >= 0.3 is 0 Å². The molecule has 0 N–H and O–H groups in total. The number of halogens is 1. The zero-order chi connectivity index (χ0) is 10.6. The minimum absolute atomic E-state index is 0. The average Bonchev–Trinajstić information content (AvgIpc) is 2.55. The lowest BCUT2D eigenvalue weighted by atomic mass is 10.1. The Morgan fingerprint density at radius 3 is 2.53 bits per heavy atom. The highest BCUT2D eigenvalue weighted by atomic mass is 127. The maximum atomic E-state index is 5.35. The van der Waals surface area contributed by atoms with Crippen molar-refractivity contribution in [1.29, 1.82) is 0 Å². The van der Waals surface area contributed by atoms with E-state index in [9.17, 15) is 0 Å². The molecule has 1 unspecified atom stereocenters. The number of nitrogens with zero attached hydrogens (tertiary/aromatic N) is 1. The molecule has 0 aliphatic carbocycles. The molecule has 2 nitrogen and oxygen atoms in total. The highest BCUT2D eigenvalue weighted by Crippen LogP contribution is 2.12. The molecule has 88 valence electrons. The van der Waals surface area contributed by atoms with Crippen molar-refractivity contribution in [2.24, 2.45) is 5.92 Å². The van der Waals surface area contributed by atoms with Crippen molar-refractivity contribution in [2.45, 2.75) is 20.3 Å². The normalized spacial score (nSPS) is 13.3. The number of hydrogen-bond donors (Lipinski definition) is 0. The lowest BCUT2D eigenvalue weighted by Crippen LogP contribution is -3.00. The standard InChI is InChI=1S/C12H22NO.HI/c1-5-13(3,4)10-11(2)9-12-7-6-8-14-12;/h6-8,11H,5,9-10H2,1-4H3;1H/q+1;/p-1. The lowest BCUT2D eigenvalue weighted by molar-refractivity contribution is -0.891. The summed E-state index contributed by atoms with van der Waals surface area (Å²) in [6.45, 7) is 6.91. The van der Waals surface area contributed by atoms with E-state index >= 15 is 0 Å². The summed E-state index contributed by atoms with van der Waals surface area (Å²) in [5.74, 6) is 1.78. The quantitative estimate of drug-likeness (QED) is 0.529. The Hall–Kier alpha value is -0.0300. The van der Waals surface area contributed by atoms with Gasteiger partial charge < -0.3 is 32.9 Å². The van der Waals surface area contributed by atoms with Crippen LogP contribution in [-0.2, 0) is 6.42 Å². The van der Waals surface area contributed by atoms with E-state index in [-0.39, 0.29) is 24.0 Å². The molecule has 1 aromatic rings. The molecule has 0 aliphatic rings. The van der Waals surface area contributed by atoms with Gasteiger partial charge in [0.05, 0.1) is 33.4 Å². The van der Waals surface area contributed by atoms with E-state index in [1.807, 2.05) is 6.07 Å². The van der Waals surface area contributed by atoms with Crippen LogP contribution in [-0.4, -0.2) is 31.7 Å². The summed E-state index contributed by atoms with van der Waals surface area (Å²) >= 11 is 0. The van der Waals surface area contributed by atoms with Crippen LogP contribution in [0.2, 0.25) is 0 Å². The Labute approximate surface area is 110 Å². The van der Waals surface area contributed by atoms with Crippen LogP contribution >= 0.6 is 0 Å². The van der Waals surface area contributed by atoms with Crippen molar-refractivity contribution in [3.05, 3.63) is 24.2 Å². The summed E-state index contributed by atoms with van der Waals surface area (Å²) < 4.78 is 6.43. The first-order valence-electron chi connectivity index (χ1n) is 5.38. The fourth-order valence-electron chi connectivity index (χ4n) is 1.81. The molecular formula is C12H22INO. The lowest BCUT2D eigenvalue weighted by Gasteiger charge is -2.30. The topological polar surface area (TPSA) is 13.1 Å². The summed E-state index contributed by atoms with van der Waals surface area (Å²) in [6.07, 6.45) is 2.80. The van der Waals surface area contributed by atoms with Crippen molar-refractivity contribution >= 4 is 0 Å². The van der Waals surface area contributed by atoms with Crippen LogP contribution in [0.3, 0.4) is 0 Å². The fraction of sp³-hybridized carbons (Fsp3) is 0.667. The van der Waals surface area contributed by atoms with Crippen LogP contribution in [0.15, 0.2) is 22.8 Å². The third kappa shape index (κ3) is 5.56. The Balaban J connectivity index is 0.00000196. The van der Waals surface area contributed by atoms with Crippen LogP contribution in [0.5, 0.6) is 0 Å². The van der Waals surface area contributed by atoms with Gasteiger partial charge in [-0.2, -0.15) is 0 Å². The predicted octanol–water partition coefficient (Wildman–Crippen LogP) is -0.441. The second-order valence-electron chi connectivity index (χ2n) is 4.82. The van der Waals surface area contributed by atoms with Gasteiger partial charge in [0.2, 0.25) is 0 Å². The van der Waals surface area contributed by atoms with Gasteiger partial charge in [-0.1, -0.05) is 6.92 Å². The summed E-state index contributed by atoms with van der Waals surface area (Å²) in [6, 6.07) is 4.02. The van der Waals surface area contributed by atoms with Crippen LogP contribution in [0.1, 0.15) is 19.6 Å². The molecule has 3 heteroatoms. The van der Waals surface area contributed by atoms with Gasteiger partial charge in [-0.05, 0) is 19.1 Å². The molecule has 0 amide bonds. The number of quaternary nitrogens is 1. The summed E-state index contributed by atoms with van der Waals surface area (Å²) in [4.78, 5) is 0. The third-order valence-electron chi connectivity index (χ3n) is 2.79. The zero-order valence-corrected chi connectivity index (χ0v) is 12.3. The molecule has 0 saturated heterocycles. The number of rotatable bonds is 5. The first kappa shape index (κ1) is 15.0.